The summed E-state index contributed by atoms with van der Waals surface area (Å²) in [6, 6.07) is 6.16. The molecule has 21 heavy (non-hydrogen) atoms. The Morgan fingerprint density at radius 1 is 1.33 bits per heavy atom. The minimum absolute atomic E-state index is 0.652. The maximum atomic E-state index is 4.71. The minimum Gasteiger partial charge on any atom is -0.352 e. The van der Waals surface area contributed by atoms with E-state index in [9.17, 15) is 0 Å². The molecule has 0 saturated carbocycles. The Morgan fingerprint density at radius 3 is 2.81 bits per heavy atom. The van der Waals surface area contributed by atoms with Crippen LogP contribution in [0.3, 0.4) is 0 Å². The Bertz CT molecular complexity index is 561. The molecular weight excluding hydrogens is 262 g/mol. The molecule has 2 aromatic heterocycles. The number of nitrogens with zero attached hydrogens (tertiary/aromatic N) is 4. The van der Waals surface area contributed by atoms with Crippen LogP contribution in [0, 0.1) is 5.92 Å². The van der Waals surface area contributed by atoms with Gasteiger partial charge >= 0.3 is 0 Å². The van der Waals surface area contributed by atoms with Gasteiger partial charge in [0.2, 0.25) is 0 Å². The summed E-state index contributed by atoms with van der Waals surface area (Å²) in [5.74, 6) is 2.66. The van der Waals surface area contributed by atoms with Gasteiger partial charge in [-0.2, -0.15) is 0 Å². The molecule has 2 heterocycles. The van der Waals surface area contributed by atoms with Crippen molar-refractivity contribution in [3.8, 4) is 0 Å². The molecule has 0 aliphatic heterocycles. The summed E-state index contributed by atoms with van der Waals surface area (Å²) in [6.07, 6.45) is 3.78. The lowest BCUT2D eigenvalue weighted by atomic mass is 10.2. The van der Waals surface area contributed by atoms with Crippen molar-refractivity contribution < 1.29 is 0 Å². The van der Waals surface area contributed by atoms with Crippen LogP contribution in [-0.4, -0.2) is 28.1 Å². The number of aryl methyl sites for hydroxylation is 1. The molecule has 0 spiro atoms. The van der Waals surface area contributed by atoms with Crippen LogP contribution in [0.5, 0.6) is 0 Å². The molecule has 0 fully saturated rings. The molecule has 2 aromatic rings. The average Bonchev–Trinajstić information content (AvgIpc) is 2.84. The van der Waals surface area contributed by atoms with Gasteiger partial charge in [-0.15, -0.1) is 0 Å². The summed E-state index contributed by atoms with van der Waals surface area (Å²) < 4.78 is 2.03. The van der Waals surface area contributed by atoms with Crippen molar-refractivity contribution >= 4 is 5.82 Å². The van der Waals surface area contributed by atoms with E-state index in [1.54, 1.807) is 0 Å². The van der Waals surface area contributed by atoms with Crippen LogP contribution in [0.15, 0.2) is 30.6 Å². The van der Waals surface area contributed by atoms with Crippen molar-refractivity contribution in [2.24, 2.45) is 13.0 Å². The third-order valence-electron chi connectivity index (χ3n) is 3.34. The van der Waals surface area contributed by atoms with Crippen molar-refractivity contribution in [3.05, 3.63) is 42.1 Å². The van der Waals surface area contributed by atoms with Gasteiger partial charge in [0, 0.05) is 33.0 Å². The molecule has 0 saturated heterocycles. The fourth-order valence-corrected chi connectivity index (χ4v) is 2.11. The third-order valence-corrected chi connectivity index (χ3v) is 3.34. The first kappa shape index (κ1) is 15.5. The number of hydrogen-bond acceptors (Lipinski definition) is 4. The SMILES string of the molecule is CC(C)CNCc1cccc(N(C)Cc2nccn2C)n1. The van der Waals surface area contributed by atoms with E-state index in [1.807, 2.05) is 37.1 Å². The summed E-state index contributed by atoms with van der Waals surface area (Å²) in [4.78, 5) is 11.2. The number of anilines is 1. The summed E-state index contributed by atoms with van der Waals surface area (Å²) in [6.45, 7) is 6.98. The second-order valence-electron chi connectivity index (χ2n) is 5.82. The van der Waals surface area contributed by atoms with Gasteiger partial charge in [0.1, 0.15) is 11.6 Å². The Hall–Kier alpha value is -1.88. The largest absolute Gasteiger partial charge is 0.352 e. The highest BCUT2D eigenvalue weighted by atomic mass is 15.2. The van der Waals surface area contributed by atoms with E-state index in [2.05, 4.69) is 41.2 Å². The van der Waals surface area contributed by atoms with Crippen LogP contribution in [0.25, 0.3) is 0 Å². The van der Waals surface area contributed by atoms with Gasteiger partial charge < -0.3 is 14.8 Å². The molecule has 5 heteroatoms. The Labute approximate surface area is 127 Å². The van der Waals surface area contributed by atoms with E-state index in [1.165, 1.54) is 0 Å². The van der Waals surface area contributed by atoms with E-state index in [0.29, 0.717) is 5.92 Å². The lowest BCUT2D eigenvalue weighted by molar-refractivity contribution is 0.548. The number of hydrogen-bond donors (Lipinski definition) is 1. The van der Waals surface area contributed by atoms with Gasteiger partial charge in [-0.05, 0) is 24.6 Å². The highest BCUT2D eigenvalue weighted by Gasteiger charge is 2.07. The van der Waals surface area contributed by atoms with Crippen LogP contribution in [0.4, 0.5) is 5.82 Å². The van der Waals surface area contributed by atoms with Gasteiger partial charge in [0.05, 0.1) is 12.2 Å². The zero-order valence-corrected chi connectivity index (χ0v) is 13.4. The van der Waals surface area contributed by atoms with E-state index in [4.69, 9.17) is 4.98 Å². The zero-order chi connectivity index (χ0) is 15.2. The van der Waals surface area contributed by atoms with Crippen molar-refractivity contribution in [2.75, 3.05) is 18.5 Å². The maximum absolute atomic E-state index is 4.71. The first-order chi connectivity index (χ1) is 10.1. The fourth-order valence-electron chi connectivity index (χ4n) is 2.11. The standard InChI is InChI=1S/C16H25N5/c1-13(2)10-17-11-14-6-5-7-15(19-14)21(4)12-16-18-8-9-20(16)3/h5-9,13,17H,10-12H2,1-4H3. The van der Waals surface area contributed by atoms with Crippen molar-refractivity contribution in [3.63, 3.8) is 0 Å². The maximum Gasteiger partial charge on any atom is 0.129 e. The molecule has 2 rings (SSSR count). The highest BCUT2D eigenvalue weighted by molar-refractivity contribution is 5.38. The number of nitrogens with one attached hydrogen (secondary N) is 1. The number of rotatable bonds is 7. The van der Waals surface area contributed by atoms with Crippen LogP contribution < -0.4 is 10.2 Å². The molecule has 0 unspecified atom stereocenters. The summed E-state index contributed by atoms with van der Waals surface area (Å²) >= 11 is 0. The monoisotopic (exact) mass is 287 g/mol. The molecule has 1 N–H and O–H groups in total. The molecule has 0 aliphatic carbocycles. The molecule has 0 aliphatic rings. The van der Waals surface area contributed by atoms with Gasteiger partial charge in [-0.25, -0.2) is 9.97 Å². The summed E-state index contributed by atoms with van der Waals surface area (Å²) in [5, 5.41) is 3.42. The van der Waals surface area contributed by atoms with Gasteiger partial charge in [-0.3, -0.25) is 0 Å². The van der Waals surface area contributed by atoms with E-state index in [-0.39, 0.29) is 0 Å². The first-order valence-electron chi connectivity index (χ1n) is 7.40. The van der Waals surface area contributed by atoms with Crippen LogP contribution >= 0.6 is 0 Å². The van der Waals surface area contributed by atoms with E-state index < -0.39 is 0 Å². The highest BCUT2D eigenvalue weighted by Crippen LogP contribution is 2.12. The van der Waals surface area contributed by atoms with Gasteiger partial charge in [-0.1, -0.05) is 19.9 Å². The molecule has 0 aromatic carbocycles. The third kappa shape index (κ3) is 4.56. The average molecular weight is 287 g/mol. The van der Waals surface area contributed by atoms with Crippen LogP contribution in [0.2, 0.25) is 0 Å². The predicted octanol–water partition coefficient (Wildman–Crippen LogP) is 2.20. The fraction of sp³-hybridized carbons (Fsp3) is 0.500. The Kier molecular flexibility index (Phi) is 5.33. The second kappa shape index (κ2) is 7.22. The lowest BCUT2D eigenvalue weighted by Crippen LogP contribution is -2.22. The normalized spacial score (nSPS) is 11.1. The number of pyridine rings is 1. The Morgan fingerprint density at radius 2 is 2.14 bits per heavy atom. The zero-order valence-electron chi connectivity index (χ0n) is 13.4. The molecule has 5 nitrogen and oxygen atoms in total. The lowest BCUT2D eigenvalue weighted by Gasteiger charge is -2.18. The Balaban J connectivity index is 1.97. The molecule has 0 atom stereocenters. The summed E-state index contributed by atoms with van der Waals surface area (Å²) in [5.41, 5.74) is 1.07. The minimum atomic E-state index is 0.652. The first-order valence-corrected chi connectivity index (χ1v) is 7.40. The summed E-state index contributed by atoms with van der Waals surface area (Å²) in [7, 11) is 4.05. The quantitative estimate of drug-likeness (QED) is 0.848. The molecule has 0 radical (unpaired) electrons. The molecule has 114 valence electrons. The second-order valence-corrected chi connectivity index (χ2v) is 5.82. The molecule has 0 amide bonds. The van der Waals surface area contributed by atoms with Crippen LogP contribution in [-0.2, 0) is 20.1 Å². The molecule has 0 bridgehead atoms. The van der Waals surface area contributed by atoms with Gasteiger partial charge in [0.15, 0.2) is 0 Å². The van der Waals surface area contributed by atoms with Crippen molar-refractivity contribution in [2.45, 2.75) is 26.9 Å². The molecular formula is C16H25N5. The smallest absolute Gasteiger partial charge is 0.129 e. The predicted molar refractivity (Wildman–Crippen MR) is 86.1 cm³/mol. The topological polar surface area (TPSA) is 46.0 Å². The van der Waals surface area contributed by atoms with E-state index >= 15 is 0 Å². The number of aromatic nitrogens is 3. The van der Waals surface area contributed by atoms with Crippen molar-refractivity contribution in [1.29, 1.82) is 0 Å². The van der Waals surface area contributed by atoms with Crippen LogP contribution in [0.1, 0.15) is 25.4 Å². The number of imidazole rings is 1. The van der Waals surface area contributed by atoms with E-state index in [0.717, 1.165) is 37.0 Å². The van der Waals surface area contributed by atoms with Crippen molar-refractivity contribution in [1.82, 2.24) is 19.9 Å². The van der Waals surface area contributed by atoms with Gasteiger partial charge in [0.25, 0.3) is 0 Å².